The highest BCUT2D eigenvalue weighted by molar-refractivity contribution is 5.57. The number of nitrogens with one attached hydrogen (secondary N) is 1. The molecule has 0 amide bonds. The van der Waals surface area contributed by atoms with Crippen LogP contribution in [0, 0.1) is 13.8 Å². The molecule has 0 spiro atoms. The monoisotopic (exact) mass is 273 g/mol. The molecule has 0 bridgehead atoms. The molecular formula is C18H27NO. The van der Waals surface area contributed by atoms with Gasteiger partial charge in [0.15, 0.2) is 0 Å². The summed E-state index contributed by atoms with van der Waals surface area (Å²) in [6.45, 7) is 6.87. The van der Waals surface area contributed by atoms with Crippen LogP contribution in [0.1, 0.15) is 59.4 Å². The molecule has 1 saturated heterocycles. The second kappa shape index (κ2) is 5.77. The maximum atomic E-state index is 5.85. The molecule has 1 heterocycles. The van der Waals surface area contributed by atoms with Crippen LogP contribution in [0.2, 0.25) is 0 Å². The summed E-state index contributed by atoms with van der Waals surface area (Å²) in [7, 11) is 1.84. The summed E-state index contributed by atoms with van der Waals surface area (Å²) in [6.07, 6.45) is 7.76. The lowest BCUT2D eigenvalue weighted by Gasteiger charge is -2.31. The average molecular weight is 273 g/mol. The maximum Gasteiger partial charge on any atom is 0.125 e. The Morgan fingerprint density at radius 3 is 2.30 bits per heavy atom. The fraction of sp³-hybridized carbons (Fsp3) is 0.667. The van der Waals surface area contributed by atoms with Crippen molar-refractivity contribution in [2.24, 2.45) is 0 Å². The Hall–Kier alpha value is -1.02. The van der Waals surface area contributed by atoms with Crippen molar-refractivity contribution >= 4 is 0 Å². The van der Waals surface area contributed by atoms with Gasteiger partial charge in [0.25, 0.3) is 0 Å². The highest BCUT2D eigenvalue weighted by atomic mass is 16.5. The Kier molecular flexibility index (Phi) is 4.02. The number of piperidine rings is 1. The molecule has 1 aliphatic carbocycles. The fourth-order valence-corrected chi connectivity index (χ4v) is 4.26. The molecule has 2 nitrogen and oxygen atoms in total. The van der Waals surface area contributed by atoms with Crippen LogP contribution in [0.5, 0.6) is 5.75 Å². The van der Waals surface area contributed by atoms with Gasteiger partial charge in [0.05, 0.1) is 7.11 Å². The summed E-state index contributed by atoms with van der Waals surface area (Å²) in [4.78, 5) is 0. The van der Waals surface area contributed by atoms with Crippen LogP contribution in [0.25, 0.3) is 0 Å². The molecule has 1 unspecified atom stereocenters. The lowest BCUT2D eigenvalue weighted by atomic mass is 9.78. The van der Waals surface area contributed by atoms with Crippen LogP contribution in [-0.4, -0.2) is 20.2 Å². The molecule has 0 saturated carbocycles. The zero-order valence-corrected chi connectivity index (χ0v) is 13.1. The molecule has 1 atom stereocenters. The number of rotatable bonds is 2. The minimum Gasteiger partial charge on any atom is -0.496 e. The summed E-state index contributed by atoms with van der Waals surface area (Å²) in [5, 5.41) is 3.56. The highest BCUT2D eigenvalue weighted by Crippen LogP contribution is 2.42. The lowest BCUT2D eigenvalue weighted by Crippen LogP contribution is -2.29. The van der Waals surface area contributed by atoms with E-state index in [0.29, 0.717) is 5.92 Å². The number of benzene rings is 1. The van der Waals surface area contributed by atoms with Crippen molar-refractivity contribution in [1.82, 2.24) is 5.32 Å². The highest BCUT2D eigenvalue weighted by Gasteiger charge is 2.27. The summed E-state index contributed by atoms with van der Waals surface area (Å²) in [5.41, 5.74) is 7.65. The first-order valence-electron chi connectivity index (χ1n) is 8.13. The van der Waals surface area contributed by atoms with E-state index in [9.17, 15) is 0 Å². The second-order valence-corrected chi connectivity index (χ2v) is 6.40. The standard InChI is InChI=1S/C18H27NO/c1-12-15-8-4-5-9-16(15)13(2)18(20-3)17(12)14-7-6-10-19-11-14/h14,19H,4-11H2,1-3H3. The van der Waals surface area contributed by atoms with Crippen molar-refractivity contribution in [3.8, 4) is 5.75 Å². The first-order chi connectivity index (χ1) is 9.74. The number of hydrogen-bond donors (Lipinski definition) is 1. The van der Waals surface area contributed by atoms with Gasteiger partial charge in [-0.3, -0.25) is 0 Å². The van der Waals surface area contributed by atoms with Gasteiger partial charge in [0.1, 0.15) is 5.75 Å². The number of methoxy groups -OCH3 is 1. The molecule has 2 aliphatic rings. The zero-order chi connectivity index (χ0) is 14.1. The minimum atomic E-state index is 0.629. The van der Waals surface area contributed by atoms with Crippen molar-refractivity contribution in [3.05, 3.63) is 27.8 Å². The van der Waals surface area contributed by atoms with Crippen LogP contribution in [0.4, 0.5) is 0 Å². The molecule has 0 aromatic heterocycles. The van der Waals surface area contributed by atoms with E-state index in [4.69, 9.17) is 4.74 Å². The van der Waals surface area contributed by atoms with Gasteiger partial charge in [0.2, 0.25) is 0 Å². The van der Waals surface area contributed by atoms with Crippen LogP contribution in [0.3, 0.4) is 0 Å². The van der Waals surface area contributed by atoms with E-state index >= 15 is 0 Å². The van der Waals surface area contributed by atoms with Crippen LogP contribution in [-0.2, 0) is 12.8 Å². The topological polar surface area (TPSA) is 21.3 Å². The predicted molar refractivity (Wildman–Crippen MR) is 84.0 cm³/mol. The van der Waals surface area contributed by atoms with Crippen LogP contribution >= 0.6 is 0 Å². The Bertz CT molecular complexity index is 501. The summed E-state index contributed by atoms with van der Waals surface area (Å²) >= 11 is 0. The van der Waals surface area contributed by atoms with Gasteiger partial charge in [-0.05, 0) is 81.2 Å². The molecule has 3 rings (SSSR count). The average Bonchev–Trinajstić information content (AvgIpc) is 2.51. The summed E-state index contributed by atoms with van der Waals surface area (Å²) in [6, 6.07) is 0. The van der Waals surface area contributed by atoms with Gasteiger partial charge >= 0.3 is 0 Å². The van der Waals surface area contributed by atoms with Crippen LogP contribution < -0.4 is 10.1 Å². The minimum absolute atomic E-state index is 0.629. The second-order valence-electron chi connectivity index (χ2n) is 6.40. The number of ether oxygens (including phenoxy) is 1. The smallest absolute Gasteiger partial charge is 0.125 e. The third-order valence-corrected chi connectivity index (χ3v) is 5.27. The van der Waals surface area contributed by atoms with E-state index in [-0.39, 0.29) is 0 Å². The molecule has 1 aliphatic heterocycles. The van der Waals surface area contributed by atoms with E-state index in [1.54, 1.807) is 11.1 Å². The summed E-state index contributed by atoms with van der Waals surface area (Å²) in [5.74, 6) is 1.81. The normalized spacial score (nSPS) is 22.4. The molecule has 1 fully saturated rings. The van der Waals surface area contributed by atoms with Gasteiger partial charge in [-0.2, -0.15) is 0 Å². The zero-order valence-electron chi connectivity index (χ0n) is 13.1. The third kappa shape index (κ3) is 2.24. The van der Waals surface area contributed by atoms with Gasteiger partial charge < -0.3 is 10.1 Å². The quantitative estimate of drug-likeness (QED) is 0.888. The lowest BCUT2D eigenvalue weighted by molar-refractivity contribution is 0.387. The maximum absolute atomic E-state index is 5.85. The SMILES string of the molecule is COc1c(C)c2c(c(C)c1C1CCCNC1)CCCC2. The van der Waals surface area contributed by atoms with Crippen molar-refractivity contribution < 1.29 is 4.74 Å². The molecular weight excluding hydrogens is 246 g/mol. The van der Waals surface area contributed by atoms with E-state index in [1.807, 2.05) is 7.11 Å². The van der Waals surface area contributed by atoms with Gasteiger partial charge in [-0.25, -0.2) is 0 Å². The largest absolute Gasteiger partial charge is 0.496 e. The predicted octanol–water partition coefficient (Wildman–Crippen LogP) is 3.66. The first-order valence-corrected chi connectivity index (χ1v) is 8.13. The van der Waals surface area contributed by atoms with Crippen LogP contribution in [0.15, 0.2) is 0 Å². The van der Waals surface area contributed by atoms with Gasteiger partial charge in [0, 0.05) is 18.0 Å². The first kappa shape index (κ1) is 13.9. The van der Waals surface area contributed by atoms with E-state index < -0.39 is 0 Å². The fourth-order valence-electron chi connectivity index (χ4n) is 4.26. The van der Waals surface area contributed by atoms with Crippen molar-refractivity contribution in [2.75, 3.05) is 20.2 Å². The molecule has 110 valence electrons. The Morgan fingerprint density at radius 2 is 1.70 bits per heavy atom. The molecule has 1 N–H and O–H groups in total. The summed E-state index contributed by atoms with van der Waals surface area (Å²) < 4.78 is 5.85. The Morgan fingerprint density at radius 1 is 1.00 bits per heavy atom. The third-order valence-electron chi connectivity index (χ3n) is 5.27. The van der Waals surface area contributed by atoms with E-state index in [1.165, 1.54) is 67.5 Å². The van der Waals surface area contributed by atoms with Gasteiger partial charge in [-0.15, -0.1) is 0 Å². The van der Waals surface area contributed by atoms with Gasteiger partial charge in [-0.1, -0.05) is 0 Å². The number of hydrogen-bond acceptors (Lipinski definition) is 2. The van der Waals surface area contributed by atoms with Crippen molar-refractivity contribution in [3.63, 3.8) is 0 Å². The molecule has 0 radical (unpaired) electrons. The van der Waals surface area contributed by atoms with E-state index in [0.717, 1.165) is 6.54 Å². The molecule has 1 aromatic rings. The molecule has 20 heavy (non-hydrogen) atoms. The Balaban J connectivity index is 2.14. The molecule has 2 heteroatoms. The molecule has 1 aromatic carbocycles. The van der Waals surface area contributed by atoms with Crippen molar-refractivity contribution in [1.29, 1.82) is 0 Å². The Labute approximate surface area is 122 Å². The van der Waals surface area contributed by atoms with E-state index in [2.05, 4.69) is 19.2 Å². The van der Waals surface area contributed by atoms with Crippen molar-refractivity contribution in [2.45, 2.75) is 58.3 Å². The number of fused-ring (bicyclic) bond motifs is 1.